The van der Waals surface area contributed by atoms with E-state index in [0.29, 0.717) is 18.7 Å². The summed E-state index contributed by atoms with van der Waals surface area (Å²) in [4.78, 5) is 17.5. The van der Waals surface area contributed by atoms with E-state index in [4.69, 9.17) is 9.40 Å². The van der Waals surface area contributed by atoms with Crippen molar-refractivity contribution in [3.8, 4) is 22.6 Å². The van der Waals surface area contributed by atoms with Crippen molar-refractivity contribution in [1.82, 2.24) is 4.98 Å². The van der Waals surface area contributed by atoms with Gasteiger partial charge in [-0.15, -0.1) is 0 Å². The number of rotatable bonds is 8. The van der Waals surface area contributed by atoms with Crippen molar-refractivity contribution in [3.05, 3.63) is 95.9 Å². The normalized spacial score (nSPS) is 10.8. The zero-order valence-corrected chi connectivity index (χ0v) is 18.6. The van der Waals surface area contributed by atoms with Crippen molar-refractivity contribution in [1.29, 1.82) is 0 Å². The minimum atomic E-state index is -0.0266. The lowest BCUT2D eigenvalue weighted by molar-refractivity contribution is -0.116. The summed E-state index contributed by atoms with van der Waals surface area (Å²) in [5.74, 6) is 1.27. The Bertz CT molecular complexity index is 1100. The molecule has 1 aromatic heterocycles. The molecule has 0 aliphatic heterocycles. The summed E-state index contributed by atoms with van der Waals surface area (Å²) < 4.78 is 6.15. The van der Waals surface area contributed by atoms with Gasteiger partial charge in [-0.3, -0.25) is 4.79 Å². The van der Waals surface area contributed by atoms with Crippen LogP contribution in [0.4, 0.5) is 5.69 Å². The molecule has 0 bridgehead atoms. The topological polar surface area (TPSA) is 55.1 Å². The highest BCUT2D eigenvalue weighted by atomic mass is 16.4. The summed E-state index contributed by atoms with van der Waals surface area (Å²) in [5.41, 5.74) is 6.04. The number of carbonyl (C=O) groups excluding carboxylic acids is 1. The number of benzene rings is 3. The molecule has 1 N–H and O–H groups in total. The molecule has 0 fully saturated rings. The summed E-state index contributed by atoms with van der Waals surface area (Å²) >= 11 is 0. The lowest BCUT2D eigenvalue weighted by Gasteiger charge is -2.14. The summed E-state index contributed by atoms with van der Waals surface area (Å²) in [5, 5.41) is 3.13. The van der Waals surface area contributed by atoms with Crippen LogP contribution in [0.25, 0.3) is 22.6 Å². The molecule has 4 rings (SSSR count). The van der Waals surface area contributed by atoms with Gasteiger partial charge in [0.05, 0.1) is 0 Å². The van der Waals surface area contributed by atoms with Crippen LogP contribution in [-0.2, 0) is 24.1 Å². The number of anilines is 1. The van der Waals surface area contributed by atoms with Gasteiger partial charge < -0.3 is 9.73 Å². The lowest BCUT2D eigenvalue weighted by atomic mass is 10.0. The molecule has 0 radical (unpaired) electrons. The van der Waals surface area contributed by atoms with Crippen LogP contribution in [0.15, 0.2) is 83.3 Å². The first-order valence-electron chi connectivity index (χ1n) is 11.2. The fourth-order valence-electron chi connectivity index (χ4n) is 3.87. The lowest BCUT2D eigenvalue weighted by Crippen LogP contribution is -2.15. The number of nitrogens with one attached hydrogen (secondary N) is 1. The zero-order chi connectivity index (χ0) is 22.3. The van der Waals surface area contributed by atoms with Gasteiger partial charge >= 0.3 is 0 Å². The first-order chi connectivity index (χ1) is 15.7. The summed E-state index contributed by atoms with van der Waals surface area (Å²) in [6.45, 7) is 4.21. The van der Waals surface area contributed by atoms with Gasteiger partial charge in [-0.2, -0.15) is 0 Å². The van der Waals surface area contributed by atoms with Gasteiger partial charge in [-0.05, 0) is 24.0 Å². The van der Waals surface area contributed by atoms with Crippen molar-refractivity contribution in [3.63, 3.8) is 0 Å². The maximum Gasteiger partial charge on any atom is 0.224 e. The molecule has 0 unspecified atom stereocenters. The van der Waals surface area contributed by atoms with Crippen molar-refractivity contribution in [2.24, 2.45) is 0 Å². The van der Waals surface area contributed by atoms with Gasteiger partial charge in [0.1, 0.15) is 5.69 Å². The van der Waals surface area contributed by atoms with E-state index in [1.807, 2.05) is 60.7 Å². The van der Waals surface area contributed by atoms with Gasteiger partial charge in [0.15, 0.2) is 11.7 Å². The average Bonchev–Trinajstić information content (AvgIpc) is 3.28. The van der Waals surface area contributed by atoms with E-state index in [0.717, 1.165) is 52.2 Å². The molecule has 4 aromatic rings. The Kier molecular flexibility index (Phi) is 6.81. The first-order valence-corrected chi connectivity index (χ1v) is 11.2. The Labute approximate surface area is 189 Å². The van der Waals surface area contributed by atoms with Crippen LogP contribution in [0.3, 0.4) is 0 Å². The van der Waals surface area contributed by atoms with Crippen LogP contribution < -0.4 is 5.32 Å². The van der Waals surface area contributed by atoms with Gasteiger partial charge in [0.25, 0.3) is 0 Å². The largest absolute Gasteiger partial charge is 0.440 e. The summed E-state index contributed by atoms with van der Waals surface area (Å²) in [6.07, 6.45) is 2.51. The molecule has 0 saturated heterocycles. The fourth-order valence-corrected chi connectivity index (χ4v) is 3.87. The summed E-state index contributed by atoms with van der Waals surface area (Å²) in [7, 11) is 0. The Morgan fingerprint density at radius 1 is 0.812 bits per heavy atom. The molecule has 162 valence electrons. The number of aromatic nitrogens is 1. The molecule has 0 saturated carbocycles. The van der Waals surface area contributed by atoms with Crippen LogP contribution in [0.5, 0.6) is 0 Å². The van der Waals surface area contributed by atoms with E-state index < -0.39 is 0 Å². The standard InChI is InChI=1S/C28H28N2O2/c1-3-20-16-11-17-21(4-2)26(20)29-24(31)18-19-25-30-27(22-12-7-5-8-13-22)28(32-25)23-14-9-6-10-15-23/h5-17H,3-4,18-19H2,1-2H3,(H,29,31). The maximum atomic E-state index is 12.8. The number of hydrogen-bond donors (Lipinski definition) is 1. The van der Waals surface area contributed by atoms with E-state index >= 15 is 0 Å². The quantitative estimate of drug-likeness (QED) is 0.342. The molecule has 4 nitrogen and oxygen atoms in total. The molecule has 0 atom stereocenters. The number of oxazole rings is 1. The molecule has 0 aliphatic carbocycles. The molecule has 0 aliphatic rings. The molecule has 1 amide bonds. The molecule has 32 heavy (non-hydrogen) atoms. The number of carbonyl (C=O) groups is 1. The third kappa shape index (κ3) is 4.80. The van der Waals surface area contributed by atoms with Gasteiger partial charge in [0, 0.05) is 29.7 Å². The molecule has 3 aromatic carbocycles. The fraction of sp³-hybridized carbons (Fsp3) is 0.214. The maximum absolute atomic E-state index is 12.8. The van der Waals surface area contributed by atoms with Crippen LogP contribution in [0.2, 0.25) is 0 Å². The third-order valence-corrected chi connectivity index (χ3v) is 5.58. The number of amides is 1. The zero-order valence-electron chi connectivity index (χ0n) is 18.6. The van der Waals surface area contributed by atoms with Crippen molar-refractivity contribution in [2.75, 3.05) is 5.32 Å². The van der Waals surface area contributed by atoms with Gasteiger partial charge in [0.2, 0.25) is 5.91 Å². The minimum absolute atomic E-state index is 0.0266. The highest BCUT2D eigenvalue weighted by Gasteiger charge is 2.18. The Hall–Kier alpha value is -3.66. The molecule has 0 spiro atoms. The second kappa shape index (κ2) is 10.1. The van der Waals surface area contributed by atoms with Crippen LogP contribution in [0.1, 0.15) is 37.3 Å². The Morgan fingerprint density at radius 2 is 1.41 bits per heavy atom. The SMILES string of the molecule is CCc1cccc(CC)c1NC(=O)CCc1nc(-c2ccccc2)c(-c2ccccc2)o1. The smallest absolute Gasteiger partial charge is 0.224 e. The number of aryl methyl sites for hydroxylation is 3. The molecular weight excluding hydrogens is 396 g/mol. The Morgan fingerprint density at radius 3 is 2.00 bits per heavy atom. The Balaban J connectivity index is 1.54. The van der Waals surface area contributed by atoms with E-state index in [-0.39, 0.29) is 5.91 Å². The van der Waals surface area contributed by atoms with Gasteiger partial charge in [-0.1, -0.05) is 92.7 Å². The predicted molar refractivity (Wildman–Crippen MR) is 130 cm³/mol. The predicted octanol–water partition coefficient (Wildman–Crippen LogP) is 6.70. The van der Waals surface area contributed by atoms with Crippen molar-refractivity contribution >= 4 is 11.6 Å². The van der Waals surface area contributed by atoms with Crippen molar-refractivity contribution in [2.45, 2.75) is 39.5 Å². The number of nitrogens with zero attached hydrogens (tertiary/aromatic N) is 1. The molecule has 4 heteroatoms. The number of para-hydroxylation sites is 1. The summed E-state index contributed by atoms with van der Waals surface area (Å²) in [6, 6.07) is 26.2. The minimum Gasteiger partial charge on any atom is -0.440 e. The van der Waals surface area contributed by atoms with Crippen LogP contribution >= 0.6 is 0 Å². The second-order valence-electron chi connectivity index (χ2n) is 7.72. The van der Waals surface area contributed by atoms with Gasteiger partial charge in [-0.25, -0.2) is 4.98 Å². The average molecular weight is 425 g/mol. The van der Waals surface area contributed by atoms with E-state index in [2.05, 4.69) is 37.4 Å². The van der Waals surface area contributed by atoms with E-state index in [9.17, 15) is 4.79 Å². The highest BCUT2D eigenvalue weighted by Crippen LogP contribution is 2.33. The molecule has 1 heterocycles. The highest BCUT2D eigenvalue weighted by molar-refractivity contribution is 5.92. The van der Waals surface area contributed by atoms with Crippen LogP contribution in [-0.4, -0.2) is 10.9 Å². The third-order valence-electron chi connectivity index (χ3n) is 5.58. The van der Waals surface area contributed by atoms with Crippen LogP contribution in [0, 0.1) is 0 Å². The number of hydrogen-bond acceptors (Lipinski definition) is 3. The van der Waals surface area contributed by atoms with E-state index in [1.54, 1.807) is 0 Å². The first kappa shape index (κ1) is 21.6. The van der Waals surface area contributed by atoms with E-state index in [1.165, 1.54) is 0 Å². The second-order valence-corrected chi connectivity index (χ2v) is 7.72. The monoisotopic (exact) mass is 424 g/mol. The molecular formula is C28H28N2O2. The van der Waals surface area contributed by atoms with Crippen molar-refractivity contribution < 1.29 is 9.21 Å².